The molecule has 20 heavy (non-hydrogen) atoms. The summed E-state index contributed by atoms with van der Waals surface area (Å²) in [7, 11) is 1.48. The van der Waals surface area contributed by atoms with E-state index < -0.39 is 18.4 Å². The molecule has 0 aliphatic rings. The third-order valence-corrected chi connectivity index (χ3v) is 2.57. The highest BCUT2D eigenvalue weighted by atomic mass is 16.5. The highest BCUT2D eigenvalue weighted by Crippen LogP contribution is 2.17. The maximum Gasteiger partial charge on any atom is 0.323 e. The number of carbonyl (C=O) groups is 2. The van der Waals surface area contributed by atoms with Crippen LogP contribution in [0, 0.1) is 0 Å². The number of carboxylic acid groups (broad SMARTS) is 1. The minimum Gasteiger partial charge on any atom is -0.480 e. The fourth-order valence-electron chi connectivity index (χ4n) is 1.45. The van der Waals surface area contributed by atoms with E-state index in [1.807, 2.05) is 20.8 Å². The van der Waals surface area contributed by atoms with Gasteiger partial charge in [-0.15, -0.1) is 5.10 Å². The Bertz CT molecular complexity index is 478. The Morgan fingerprint density at radius 1 is 1.40 bits per heavy atom. The fraction of sp³-hybridized carbons (Fsp3) is 0.667. The quantitative estimate of drug-likeness (QED) is 0.776. The van der Waals surface area contributed by atoms with Gasteiger partial charge in [-0.3, -0.25) is 14.7 Å². The lowest BCUT2D eigenvalue weighted by Gasteiger charge is -2.18. The van der Waals surface area contributed by atoms with Crippen LogP contribution in [0.25, 0.3) is 0 Å². The van der Waals surface area contributed by atoms with E-state index in [2.05, 4.69) is 15.2 Å². The lowest BCUT2D eigenvalue weighted by atomic mass is 9.96. The number of ether oxygens (including phenoxy) is 1. The number of carboxylic acids is 1. The third-order valence-electron chi connectivity index (χ3n) is 2.57. The molecule has 8 heteroatoms. The number of aliphatic carboxylic acids is 1. The zero-order valence-corrected chi connectivity index (χ0v) is 12.1. The molecule has 8 nitrogen and oxygen atoms in total. The van der Waals surface area contributed by atoms with Gasteiger partial charge in [-0.25, -0.2) is 4.98 Å². The molecule has 0 saturated carbocycles. The number of methoxy groups -OCH3 is 1. The third kappa shape index (κ3) is 4.30. The molecular formula is C12H20N4O4. The van der Waals surface area contributed by atoms with Crippen LogP contribution in [-0.2, 0) is 14.9 Å². The molecule has 0 aliphatic carbocycles. The highest BCUT2D eigenvalue weighted by molar-refractivity contribution is 5.92. The van der Waals surface area contributed by atoms with Gasteiger partial charge in [0.1, 0.15) is 12.4 Å². The molecule has 0 aliphatic heterocycles. The molecule has 0 fully saturated rings. The van der Waals surface area contributed by atoms with Crippen molar-refractivity contribution in [1.82, 2.24) is 20.1 Å². The van der Waals surface area contributed by atoms with Crippen molar-refractivity contribution >= 4 is 11.9 Å². The summed E-state index contributed by atoms with van der Waals surface area (Å²) in [5, 5.41) is 15.4. The number of nitrogens with one attached hydrogen (secondary N) is 1. The average Bonchev–Trinajstić information content (AvgIpc) is 2.82. The minimum atomic E-state index is -1.10. The second-order valence-corrected chi connectivity index (χ2v) is 5.37. The van der Waals surface area contributed by atoms with Crippen LogP contribution in [0.4, 0.5) is 0 Å². The van der Waals surface area contributed by atoms with Crippen LogP contribution < -0.4 is 0 Å². The van der Waals surface area contributed by atoms with Gasteiger partial charge >= 0.3 is 5.97 Å². The number of nitrogens with zero attached hydrogens (tertiary/aromatic N) is 3. The fourth-order valence-corrected chi connectivity index (χ4v) is 1.45. The van der Waals surface area contributed by atoms with E-state index in [1.54, 1.807) is 0 Å². The second-order valence-electron chi connectivity index (χ2n) is 5.37. The first-order valence-corrected chi connectivity index (χ1v) is 6.18. The predicted octanol–water partition coefficient (Wildman–Crippen LogP) is 0.275. The van der Waals surface area contributed by atoms with E-state index in [9.17, 15) is 9.59 Å². The van der Waals surface area contributed by atoms with Crippen molar-refractivity contribution in [2.45, 2.75) is 26.2 Å². The van der Waals surface area contributed by atoms with Gasteiger partial charge in [-0.05, 0) is 0 Å². The van der Waals surface area contributed by atoms with Gasteiger partial charge in [0.15, 0.2) is 0 Å². The van der Waals surface area contributed by atoms with Gasteiger partial charge in [-0.1, -0.05) is 20.8 Å². The summed E-state index contributed by atoms with van der Waals surface area (Å²) >= 11 is 0. The normalized spacial score (nSPS) is 11.4. The Kier molecular flexibility index (Phi) is 5.20. The van der Waals surface area contributed by atoms with E-state index in [4.69, 9.17) is 9.84 Å². The Balaban J connectivity index is 2.88. The SMILES string of the molecule is COCCN(CC(=O)O)C(=O)c1n[nH]c(C(C)(C)C)n1. The van der Waals surface area contributed by atoms with Crippen molar-refractivity contribution in [3.05, 3.63) is 11.6 Å². The number of hydrogen-bond acceptors (Lipinski definition) is 5. The van der Waals surface area contributed by atoms with Crippen molar-refractivity contribution < 1.29 is 19.4 Å². The van der Waals surface area contributed by atoms with Gasteiger partial charge < -0.3 is 14.7 Å². The van der Waals surface area contributed by atoms with E-state index in [0.29, 0.717) is 5.82 Å². The lowest BCUT2D eigenvalue weighted by Crippen LogP contribution is -2.38. The molecule has 0 spiro atoms. The summed E-state index contributed by atoms with van der Waals surface area (Å²) < 4.78 is 4.86. The van der Waals surface area contributed by atoms with Crippen molar-refractivity contribution in [3.8, 4) is 0 Å². The number of H-pyrrole nitrogens is 1. The van der Waals surface area contributed by atoms with Crippen LogP contribution in [0.3, 0.4) is 0 Å². The zero-order valence-electron chi connectivity index (χ0n) is 12.1. The van der Waals surface area contributed by atoms with Crippen molar-refractivity contribution in [2.24, 2.45) is 0 Å². The van der Waals surface area contributed by atoms with Gasteiger partial charge in [0.2, 0.25) is 5.82 Å². The summed E-state index contributed by atoms with van der Waals surface area (Å²) in [6, 6.07) is 0. The summed E-state index contributed by atoms with van der Waals surface area (Å²) in [4.78, 5) is 28.2. The molecule has 112 valence electrons. The molecule has 1 aromatic rings. The van der Waals surface area contributed by atoms with Crippen LogP contribution in [0.1, 0.15) is 37.2 Å². The first-order chi connectivity index (χ1) is 9.25. The molecule has 1 aromatic heterocycles. The summed E-state index contributed by atoms with van der Waals surface area (Å²) in [5.74, 6) is -1.09. The number of rotatable bonds is 6. The Morgan fingerprint density at radius 3 is 2.50 bits per heavy atom. The summed E-state index contributed by atoms with van der Waals surface area (Å²) in [6.45, 7) is 5.79. The second kappa shape index (κ2) is 6.47. The van der Waals surface area contributed by atoms with Crippen molar-refractivity contribution in [1.29, 1.82) is 0 Å². The highest BCUT2D eigenvalue weighted by Gasteiger charge is 2.25. The summed E-state index contributed by atoms with van der Waals surface area (Å²) in [5.41, 5.74) is -0.268. The predicted molar refractivity (Wildman–Crippen MR) is 70.5 cm³/mol. The minimum absolute atomic E-state index is 0.0349. The van der Waals surface area contributed by atoms with Crippen LogP contribution in [-0.4, -0.2) is 63.9 Å². The van der Waals surface area contributed by atoms with Gasteiger partial charge in [0.05, 0.1) is 6.61 Å². The first-order valence-electron chi connectivity index (χ1n) is 6.18. The molecule has 1 amide bonds. The van der Waals surface area contributed by atoms with Crippen molar-refractivity contribution in [3.63, 3.8) is 0 Å². The number of amides is 1. The molecule has 2 N–H and O–H groups in total. The van der Waals surface area contributed by atoms with Crippen LogP contribution >= 0.6 is 0 Å². The van der Waals surface area contributed by atoms with E-state index >= 15 is 0 Å². The molecule has 0 bridgehead atoms. The molecule has 0 radical (unpaired) electrons. The Morgan fingerprint density at radius 2 is 2.05 bits per heavy atom. The molecule has 0 unspecified atom stereocenters. The van der Waals surface area contributed by atoms with Crippen LogP contribution in [0.2, 0.25) is 0 Å². The number of aromatic amines is 1. The van der Waals surface area contributed by atoms with Gasteiger partial charge in [-0.2, -0.15) is 0 Å². The molecular weight excluding hydrogens is 264 g/mol. The standard InChI is InChI=1S/C12H20N4O4/c1-12(2,3)11-13-9(14-15-11)10(19)16(5-6-20-4)7-8(17)18/h5-7H2,1-4H3,(H,17,18)(H,13,14,15). The smallest absolute Gasteiger partial charge is 0.323 e. The molecule has 1 rings (SSSR count). The van der Waals surface area contributed by atoms with Gasteiger partial charge in [0.25, 0.3) is 5.91 Å². The maximum absolute atomic E-state index is 12.2. The molecule has 1 heterocycles. The summed E-state index contributed by atoms with van der Waals surface area (Å²) in [6.07, 6.45) is 0. The van der Waals surface area contributed by atoms with E-state index in [1.165, 1.54) is 7.11 Å². The monoisotopic (exact) mass is 284 g/mol. The number of carbonyl (C=O) groups excluding carboxylic acids is 1. The number of hydrogen-bond donors (Lipinski definition) is 2. The van der Waals surface area contributed by atoms with Crippen LogP contribution in [0.15, 0.2) is 0 Å². The maximum atomic E-state index is 12.2. The van der Waals surface area contributed by atoms with Gasteiger partial charge in [0, 0.05) is 19.1 Å². The molecule has 0 atom stereocenters. The Hall–Kier alpha value is -1.96. The first kappa shape index (κ1) is 16.1. The average molecular weight is 284 g/mol. The van der Waals surface area contributed by atoms with Crippen molar-refractivity contribution in [2.75, 3.05) is 26.8 Å². The number of aromatic nitrogens is 3. The topological polar surface area (TPSA) is 108 Å². The largest absolute Gasteiger partial charge is 0.480 e. The Labute approximate surface area is 117 Å². The lowest BCUT2D eigenvalue weighted by molar-refractivity contribution is -0.137. The molecule has 0 aromatic carbocycles. The van der Waals surface area contributed by atoms with Crippen LogP contribution in [0.5, 0.6) is 0 Å². The molecule has 0 saturated heterocycles. The zero-order chi connectivity index (χ0) is 15.3. The van der Waals surface area contributed by atoms with E-state index in [-0.39, 0.29) is 24.4 Å². The van der Waals surface area contributed by atoms with E-state index in [0.717, 1.165) is 4.90 Å².